The molecule has 0 rings (SSSR count). The van der Waals surface area contributed by atoms with E-state index in [1.165, 1.54) is 0 Å². The van der Waals surface area contributed by atoms with Crippen molar-refractivity contribution in [2.24, 2.45) is 5.92 Å². The lowest BCUT2D eigenvalue weighted by atomic mass is 10.0. The number of ether oxygens (including phenoxy) is 1. The standard InChI is InChI=1S/C11H22O2/c1-6-9(2)7-8-10(12)13-11(3,4)5/h9H,6-8H2,1-5H3. The highest BCUT2D eigenvalue weighted by Crippen LogP contribution is 2.13. The summed E-state index contributed by atoms with van der Waals surface area (Å²) >= 11 is 0. The van der Waals surface area contributed by atoms with Crippen LogP contribution in [-0.2, 0) is 9.53 Å². The van der Waals surface area contributed by atoms with Crippen LogP contribution in [0.3, 0.4) is 0 Å². The van der Waals surface area contributed by atoms with Gasteiger partial charge in [-0.05, 0) is 33.1 Å². The zero-order chi connectivity index (χ0) is 10.5. The second-order valence-corrected chi connectivity index (χ2v) is 4.64. The monoisotopic (exact) mass is 186 g/mol. The van der Waals surface area contributed by atoms with Gasteiger partial charge in [0, 0.05) is 6.42 Å². The van der Waals surface area contributed by atoms with Gasteiger partial charge in [0.15, 0.2) is 0 Å². The zero-order valence-electron chi connectivity index (χ0n) is 9.52. The van der Waals surface area contributed by atoms with Crippen LogP contribution in [0.4, 0.5) is 0 Å². The summed E-state index contributed by atoms with van der Waals surface area (Å²) < 4.78 is 5.19. The first-order valence-corrected chi connectivity index (χ1v) is 5.07. The first kappa shape index (κ1) is 12.5. The van der Waals surface area contributed by atoms with E-state index >= 15 is 0 Å². The van der Waals surface area contributed by atoms with E-state index < -0.39 is 0 Å². The third-order valence-electron chi connectivity index (χ3n) is 1.96. The van der Waals surface area contributed by atoms with Crippen LogP contribution in [0.2, 0.25) is 0 Å². The number of esters is 1. The largest absolute Gasteiger partial charge is 0.460 e. The summed E-state index contributed by atoms with van der Waals surface area (Å²) in [6.45, 7) is 9.99. The highest BCUT2D eigenvalue weighted by molar-refractivity contribution is 5.69. The molecule has 0 fully saturated rings. The lowest BCUT2D eigenvalue weighted by molar-refractivity contribution is -0.155. The van der Waals surface area contributed by atoms with Gasteiger partial charge in [-0.25, -0.2) is 0 Å². The maximum atomic E-state index is 11.3. The lowest BCUT2D eigenvalue weighted by Gasteiger charge is -2.19. The van der Waals surface area contributed by atoms with Crippen LogP contribution in [0.1, 0.15) is 53.9 Å². The first-order chi connectivity index (χ1) is 5.85. The summed E-state index contributed by atoms with van der Waals surface area (Å²) in [6, 6.07) is 0. The van der Waals surface area contributed by atoms with Gasteiger partial charge in [0.2, 0.25) is 0 Å². The Hall–Kier alpha value is -0.530. The Bertz CT molecular complexity index is 156. The molecule has 0 aliphatic carbocycles. The fraction of sp³-hybridized carbons (Fsp3) is 0.909. The second-order valence-electron chi connectivity index (χ2n) is 4.64. The summed E-state index contributed by atoms with van der Waals surface area (Å²) in [6.07, 6.45) is 2.61. The third kappa shape index (κ3) is 7.82. The van der Waals surface area contributed by atoms with Gasteiger partial charge in [-0.2, -0.15) is 0 Å². The molecule has 0 aromatic rings. The molecule has 78 valence electrons. The van der Waals surface area contributed by atoms with Gasteiger partial charge in [-0.15, -0.1) is 0 Å². The molecule has 0 spiro atoms. The molecule has 1 atom stereocenters. The van der Waals surface area contributed by atoms with Gasteiger partial charge in [0.05, 0.1) is 0 Å². The van der Waals surface area contributed by atoms with E-state index in [0.717, 1.165) is 12.8 Å². The van der Waals surface area contributed by atoms with Gasteiger partial charge < -0.3 is 4.74 Å². The van der Waals surface area contributed by atoms with E-state index in [0.29, 0.717) is 12.3 Å². The molecule has 0 heterocycles. The van der Waals surface area contributed by atoms with E-state index in [4.69, 9.17) is 4.74 Å². The fourth-order valence-corrected chi connectivity index (χ4v) is 0.961. The minimum atomic E-state index is -0.341. The number of rotatable bonds is 4. The van der Waals surface area contributed by atoms with E-state index in [2.05, 4.69) is 13.8 Å². The van der Waals surface area contributed by atoms with Crippen LogP contribution in [0.5, 0.6) is 0 Å². The Morgan fingerprint density at radius 2 is 1.92 bits per heavy atom. The van der Waals surface area contributed by atoms with Crippen molar-refractivity contribution >= 4 is 5.97 Å². The molecule has 0 aromatic heterocycles. The molecule has 1 unspecified atom stereocenters. The Labute approximate surface area is 81.7 Å². The van der Waals surface area contributed by atoms with Crippen LogP contribution in [-0.4, -0.2) is 11.6 Å². The highest BCUT2D eigenvalue weighted by atomic mass is 16.6. The Morgan fingerprint density at radius 3 is 2.31 bits per heavy atom. The number of hydrogen-bond acceptors (Lipinski definition) is 2. The average Bonchev–Trinajstić information content (AvgIpc) is 1.97. The smallest absolute Gasteiger partial charge is 0.306 e. The topological polar surface area (TPSA) is 26.3 Å². The molecular weight excluding hydrogens is 164 g/mol. The predicted molar refractivity (Wildman–Crippen MR) is 54.5 cm³/mol. The molecule has 2 heteroatoms. The van der Waals surface area contributed by atoms with Crippen molar-refractivity contribution in [2.75, 3.05) is 0 Å². The fourth-order valence-electron chi connectivity index (χ4n) is 0.961. The zero-order valence-corrected chi connectivity index (χ0v) is 9.52. The van der Waals surface area contributed by atoms with Gasteiger partial charge >= 0.3 is 5.97 Å². The Kier molecular flexibility index (Phi) is 5.04. The molecule has 0 aliphatic rings. The number of carbonyl (C=O) groups excluding carboxylic acids is 1. The summed E-state index contributed by atoms with van der Waals surface area (Å²) in [5, 5.41) is 0. The molecule has 0 saturated carbocycles. The van der Waals surface area contributed by atoms with Crippen LogP contribution in [0.25, 0.3) is 0 Å². The minimum absolute atomic E-state index is 0.0761. The average molecular weight is 186 g/mol. The molecule has 0 amide bonds. The predicted octanol–water partition coefficient (Wildman–Crippen LogP) is 3.15. The van der Waals surface area contributed by atoms with Crippen molar-refractivity contribution < 1.29 is 9.53 Å². The summed E-state index contributed by atoms with van der Waals surface area (Å²) in [4.78, 5) is 11.3. The summed E-state index contributed by atoms with van der Waals surface area (Å²) in [7, 11) is 0. The van der Waals surface area contributed by atoms with Gasteiger partial charge in [0.1, 0.15) is 5.60 Å². The van der Waals surface area contributed by atoms with E-state index in [1.807, 2.05) is 20.8 Å². The maximum Gasteiger partial charge on any atom is 0.306 e. The van der Waals surface area contributed by atoms with E-state index in [1.54, 1.807) is 0 Å². The van der Waals surface area contributed by atoms with Gasteiger partial charge in [-0.3, -0.25) is 4.79 Å². The van der Waals surface area contributed by atoms with E-state index in [-0.39, 0.29) is 11.6 Å². The number of carbonyl (C=O) groups is 1. The molecule has 0 radical (unpaired) electrons. The van der Waals surface area contributed by atoms with Crippen molar-refractivity contribution in [2.45, 2.75) is 59.5 Å². The Morgan fingerprint density at radius 1 is 1.38 bits per heavy atom. The Balaban J connectivity index is 3.64. The van der Waals surface area contributed by atoms with Crippen LogP contribution < -0.4 is 0 Å². The van der Waals surface area contributed by atoms with E-state index in [9.17, 15) is 4.79 Å². The third-order valence-corrected chi connectivity index (χ3v) is 1.96. The van der Waals surface area contributed by atoms with Gasteiger partial charge in [-0.1, -0.05) is 20.3 Å². The molecule has 0 bridgehead atoms. The van der Waals surface area contributed by atoms with Crippen molar-refractivity contribution in [3.8, 4) is 0 Å². The lowest BCUT2D eigenvalue weighted by Crippen LogP contribution is -2.23. The molecule has 0 N–H and O–H groups in total. The molecule has 0 saturated heterocycles. The molecule has 0 aliphatic heterocycles. The van der Waals surface area contributed by atoms with Crippen molar-refractivity contribution in [1.29, 1.82) is 0 Å². The first-order valence-electron chi connectivity index (χ1n) is 5.07. The molecule has 13 heavy (non-hydrogen) atoms. The molecular formula is C11H22O2. The molecule has 2 nitrogen and oxygen atoms in total. The normalized spacial score (nSPS) is 13.9. The van der Waals surface area contributed by atoms with Crippen molar-refractivity contribution in [1.82, 2.24) is 0 Å². The van der Waals surface area contributed by atoms with Crippen LogP contribution >= 0.6 is 0 Å². The second kappa shape index (κ2) is 5.25. The van der Waals surface area contributed by atoms with Crippen molar-refractivity contribution in [3.05, 3.63) is 0 Å². The van der Waals surface area contributed by atoms with Gasteiger partial charge in [0.25, 0.3) is 0 Å². The number of hydrogen-bond donors (Lipinski definition) is 0. The van der Waals surface area contributed by atoms with Crippen LogP contribution in [0.15, 0.2) is 0 Å². The maximum absolute atomic E-state index is 11.3. The highest BCUT2D eigenvalue weighted by Gasteiger charge is 2.16. The SMILES string of the molecule is CCC(C)CCC(=O)OC(C)(C)C. The summed E-state index contributed by atoms with van der Waals surface area (Å²) in [5.74, 6) is 0.542. The summed E-state index contributed by atoms with van der Waals surface area (Å²) in [5.41, 5.74) is -0.341. The minimum Gasteiger partial charge on any atom is -0.460 e. The van der Waals surface area contributed by atoms with Crippen molar-refractivity contribution in [3.63, 3.8) is 0 Å². The molecule has 0 aromatic carbocycles. The van der Waals surface area contributed by atoms with Crippen LogP contribution in [0, 0.1) is 5.92 Å². The quantitative estimate of drug-likeness (QED) is 0.630.